The lowest BCUT2D eigenvalue weighted by Crippen LogP contribution is -2.36. The van der Waals surface area contributed by atoms with Crippen LogP contribution in [0.25, 0.3) is 5.82 Å². The Hall–Kier alpha value is -3.16. The molecule has 0 aliphatic carbocycles. The molecular formula is C16H17ClFN9O3. The van der Waals surface area contributed by atoms with E-state index in [1.54, 1.807) is 7.05 Å². The van der Waals surface area contributed by atoms with Gasteiger partial charge in [-0.2, -0.15) is 0 Å². The van der Waals surface area contributed by atoms with Gasteiger partial charge >= 0.3 is 0 Å². The Labute approximate surface area is 174 Å². The van der Waals surface area contributed by atoms with Crippen molar-refractivity contribution in [2.75, 3.05) is 38.3 Å². The van der Waals surface area contributed by atoms with E-state index >= 15 is 0 Å². The number of anilines is 1. The highest BCUT2D eigenvalue weighted by molar-refractivity contribution is 6.31. The van der Waals surface area contributed by atoms with Crippen LogP contribution in [0.5, 0.6) is 0 Å². The van der Waals surface area contributed by atoms with Crippen molar-refractivity contribution in [3.8, 4) is 5.82 Å². The summed E-state index contributed by atoms with van der Waals surface area (Å²) in [6.45, 7) is 3.36. The third-order valence-corrected chi connectivity index (χ3v) is 4.79. The second kappa shape index (κ2) is 8.69. The van der Waals surface area contributed by atoms with Crippen molar-refractivity contribution in [2.45, 2.75) is 6.54 Å². The van der Waals surface area contributed by atoms with E-state index in [0.29, 0.717) is 31.3 Å². The van der Waals surface area contributed by atoms with Gasteiger partial charge in [-0.25, -0.2) is 9.02 Å². The van der Waals surface area contributed by atoms with Gasteiger partial charge in [-0.3, -0.25) is 4.90 Å². The summed E-state index contributed by atoms with van der Waals surface area (Å²) < 4.78 is 23.6. The third kappa shape index (κ3) is 4.08. The van der Waals surface area contributed by atoms with Crippen molar-refractivity contribution in [1.29, 1.82) is 0 Å². The van der Waals surface area contributed by atoms with Gasteiger partial charge < -0.3 is 14.8 Å². The summed E-state index contributed by atoms with van der Waals surface area (Å²) in [7, 11) is 1.58. The summed E-state index contributed by atoms with van der Waals surface area (Å²) >= 11 is 5.85. The second-order valence-corrected chi connectivity index (χ2v) is 6.81. The minimum Gasteiger partial charge on any atom is -0.409 e. The molecular weight excluding hydrogens is 421 g/mol. The molecule has 1 saturated heterocycles. The van der Waals surface area contributed by atoms with E-state index in [1.165, 1.54) is 23.1 Å². The largest absolute Gasteiger partial charge is 0.409 e. The number of benzene rings is 1. The molecule has 0 unspecified atom stereocenters. The fourth-order valence-corrected chi connectivity index (χ4v) is 3.08. The number of tetrazole rings is 1. The molecule has 0 saturated carbocycles. The van der Waals surface area contributed by atoms with Gasteiger partial charge in [-0.05, 0) is 33.7 Å². The van der Waals surface area contributed by atoms with E-state index in [4.69, 9.17) is 21.0 Å². The lowest BCUT2D eigenvalue weighted by Gasteiger charge is -2.24. The molecule has 3 aromatic rings. The minimum atomic E-state index is -0.570. The number of hydrogen-bond acceptors (Lipinski definition) is 10. The smallest absolute Gasteiger partial charge is 0.250 e. The zero-order chi connectivity index (χ0) is 21.1. The summed E-state index contributed by atoms with van der Waals surface area (Å²) in [5, 5.41) is 32.7. The van der Waals surface area contributed by atoms with Crippen LogP contribution >= 0.6 is 11.6 Å². The first kappa shape index (κ1) is 20.1. The molecule has 1 aromatic carbocycles. The molecule has 1 aliphatic rings. The van der Waals surface area contributed by atoms with Gasteiger partial charge in [0.1, 0.15) is 5.82 Å². The fraction of sp³-hybridized carbons (Fsp3) is 0.375. The Morgan fingerprint density at radius 1 is 1.33 bits per heavy atom. The Bertz CT molecular complexity index is 1050. The van der Waals surface area contributed by atoms with Crippen LogP contribution in [-0.4, -0.2) is 79.8 Å². The van der Waals surface area contributed by atoms with Crippen molar-refractivity contribution < 1.29 is 19.0 Å². The SMILES string of the molecule is CN(C(=NO)c1nonc1-n1nnc(CN2CCOCC2)n1)c1ccc(F)c(Cl)c1. The van der Waals surface area contributed by atoms with Gasteiger partial charge in [0.05, 0.1) is 24.8 Å². The Morgan fingerprint density at radius 2 is 2.13 bits per heavy atom. The van der Waals surface area contributed by atoms with Crippen LogP contribution in [0.15, 0.2) is 28.0 Å². The average Bonchev–Trinajstić information content (AvgIpc) is 3.41. The number of oxime groups is 1. The van der Waals surface area contributed by atoms with Crippen molar-refractivity contribution >= 4 is 23.1 Å². The maximum absolute atomic E-state index is 13.5. The molecule has 0 bridgehead atoms. The van der Waals surface area contributed by atoms with Gasteiger partial charge in [0.15, 0.2) is 5.82 Å². The highest BCUT2D eigenvalue weighted by atomic mass is 35.5. The fourth-order valence-electron chi connectivity index (χ4n) is 2.90. The first-order chi connectivity index (χ1) is 14.6. The molecule has 1 fully saturated rings. The van der Waals surface area contributed by atoms with Crippen molar-refractivity contribution in [3.63, 3.8) is 0 Å². The molecule has 2 aromatic heterocycles. The molecule has 0 radical (unpaired) electrons. The highest BCUT2D eigenvalue weighted by Gasteiger charge is 2.25. The molecule has 1 aliphatic heterocycles. The number of hydrogen-bond donors (Lipinski definition) is 1. The Morgan fingerprint density at radius 3 is 2.87 bits per heavy atom. The van der Waals surface area contributed by atoms with Crippen molar-refractivity contribution in [1.82, 2.24) is 35.4 Å². The molecule has 14 heteroatoms. The predicted octanol–water partition coefficient (Wildman–Crippen LogP) is 0.942. The summed E-state index contributed by atoms with van der Waals surface area (Å²) in [4.78, 5) is 4.71. The molecule has 158 valence electrons. The van der Waals surface area contributed by atoms with Crippen LogP contribution in [0, 0.1) is 5.82 Å². The summed E-state index contributed by atoms with van der Waals surface area (Å²) in [5.41, 5.74) is 0.499. The van der Waals surface area contributed by atoms with E-state index in [1.807, 2.05) is 0 Å². The summed E-state index contributed by atoms with van der Waals surface area (Å²) in [6.07, 6.45) is 0. The van der Waals surface area contributed by atoms with Crippen LogP contribution in [-0.2, 0) is 11.3 Å². The maximum atomic E-state index is 13.5. The van der Waals surface area contributed by atoms with Crippen molar-refractivity contribution in [3.05, 3.63) is 40.6 Å². The lowest BCUT2D eigenvalue weighted by molar-refractivity contribution is 0.0330. The Kier molecular flexibility index (Phi) is 5.83. The molecule has 1 N–H and O–H groups in total. The topological polar surface area (TPSA) is 131 Å². The quantitative estimate of drug-likeness (QED) is 0.266. The van der Waals surface area contributed by atoms with Crippen LogP contribution < -0.4 is 4.90 Å². The number of rotatable bonds is 5. The number of halogens is 2. The number of nitrogens with zero attached hydrogens (tertiary/aromatic N) is 9. The first-order valence-corrected chi connectivity index (χ1v) is 9.27. The molecule has 3 heterocycles. The van der Waals surface area contributed by atoms with Crippen molar-refractivity contribution in [2.24, 2.45) is 5.16 Å². The van der Waals surface area contributed by atoms with Gasteiger partial charge in [0.25, 0.3) is 5.82 Å². The first-order valence-electron chi connectivity index (χ1n) is 8.90. The standard InChI is InChI=1S/C16H17ClFN9O3/c1-25(10-2-3-12(18)11(17)8-10)15(21-28)14-16(23-30-22-14)27-20-13(19-24-27)9-26-4-6-29-7-5-26/h2-3,8,28H,4-7,9H2,1H3. The van der Waals surface area contributed by atoms with E-state index in [2.05, 4.69) is 35.8 Å². The monoisotopic (exact) mass is 437 g/mol. The molecule has 30 heavy (non-hydrogen) atoms. The number of ether oxygens (including phenoxy) is 1. The van der Waals surface area contributed by atoms with E-state index in [0.717, 1.165) is 17.9 Å². The molecule has 0 spiro atoms. The maximum Gasteiger partial charge on any atom is 0.250 e. The predicted molar refractivity (Wildman–Crippen MR) is 101 cm³/mol. The zero-order valence-electron chi connectivity index (χ0n) is 15.8. The molecule has 0 atom stereocenters. The highest BCUT2D eigenvalue weighted by Crippen LogP contribution is 2.24. The van der Waals surface area contributed by atoms with Crippen LogP contribution in [0.1, 0.15) is 11.5 Å². The van der Waals surface area contributed by atoms with Crippen LogP contribution in [0.3, 0.4) is 0 Å². The number of amidine groups is 1. The van der Waals surface area contributed by atoms with Gasteiger partial charge in [0.2, 0.25) is 11.5 Å². The zero-order valence-corrected chi connectivity index (χ0v) is 16.6. The molecule has 0 amide bonds. The van der Waals surface area contributed by atoms with E-state index in [-0.39, 0.29) is 22.4 Å². The Balaban J connectivity index is 1.58. The number of morpholine rings is 1. The van der Waals surface area contributed by atoms with Crippen LogP contribution in [0.4, 0.5) is 10.1 Å². The summed E-state index contributed by atoms with van der Waals surface area (Å²) in [6, 6.07) is 4.04. The second-order valence-electron chi connectivity index (χ2n) is 6.40. The normalized spacial score (nSPS) is 15.5. The third-order valence-electron chi connectivity index (χ3n) is 4.50. The average molecular weight is 438 g/mol. The van der Waals surface area contributed by atoms with E-state index < -0.39 is 5.82 Å². The number of aromatic nitrogens is 6. The molecule has 4 rings (SSSR count). The van der Waals surface area contributed by atoms with E-state index in [9.17, 15) is 9.60 Å². The van der Waals surface area contributed by atoms with Gasteiger partial charge in [-0.15, -0.1) is 15.0 Å². The van der Waals surface area contributed by atoms with Gasteiger partial charge in [0, 0.05) is 25.8 Å². The van der Waals surface area contributed by atoms with Gasteiger partial charge in [-0.1, -0.05) is 16.8 Å². The summed E-state index contributed by atoms with van der Waals surface area (Å²) in [5.74, 6) is -0.0590. The van der Waals surface area contributed by atoms with Crippen LogP contribution in [0.2, 0.25) is 5.02 Å². The lowest BCUT2D eigenvalue weighted by atomic mass is 10.2. The minimum absolute atomic E-state index is 0.0408. The molecule has 12 nitrogen and oxygen atoms in total.